The second-order valence-corrected chi connectivity index (χ2v) is 6.19. The largest absolute Gasteiger partial charge is 0.481 e. The van der Waals surface area contributed by atoms with E-state index in [0.717, 1.165) is 11.3 Å². The number of carbonyl (C=O) groups is 2. The average Bonchev–Trinajstić information content (AvgIpc) is 2.83. The Hall–Kier alpha value is -1.92. The van der Waals surface area contributed by atoms with Crippen molar-refractivity contribution in [2.24, 2.45) is 0 Å². The van der Waals surface area contributed by atoms with Crippen LogP contribution < -0.4 is 5.32 Å². The number of hydrogen-bond acceptors (Lipinski definition) is 4. The number of aromatic nitrogens is 1. The van der Waals surface area contributed by atoms with Gasteiger partial charge in [0.15, 0.2) is 5.13 Å². The number of aryl methyl sites for hydroxylation is 1. The highest BCUT2D eigenvalue weighted by Crippen LogP contribution is 2.26. The van der Waals surface area contributed by atoms with Crippen molar-refractivity contribution >= 4 is 39.9 Å². The Morgan fingerprint density at radius 2 is 2.00 bits per heavy atom. The fourth-order valence-corrected chi connectivity index (χ4v) is 2.89. The van der Waals surface area contributed by atoms with E-state index >= 15 is 0 Å². The van der Waals surface area contributed by atoms with Crippen LogP contribution in [0.3, 0.4) is 0 Å². The van der Waals surface area contributed by atoms with Crippen LogP contribution in [0.2, 0.25) is 5.02 Å². The number of halogens is 1. The fraction of sp³-hybridized carbons (Fsp3) is 0.267. The summed E-state index contributed by atoms with van der Waals surface area (Å²) in [5.41, 5.74) is 1.61. The van der Waals surface area contributed by atoms with Gasteiger partial charge < -0.3 is 10.4 Å². The van der Waals surface area contributed by atoms with Gasteiger partial charge in [0, 0.05) is 22.7 Å². The predicted molar refractivity (Wildman–Crippen MR) is 86.5 cm³/mol. The van der Waals surface area contributed by atoms with Gasteiger partial charge in [-0.15, -0.1) is 11.3 Å². The first-order valence-corrected chi connectivity index (χ1v) is 7.89. The average molecular weight is 339 g/mol. The number of hydrogen-bond donors (Lipinski definition) is 2. The lowest BCUT2D eigenvalue weighted by Crippen LogP contribution is -2.17. The Labute approximate surface area is 137 Å². The smallest absolute Gasteiger partial charge is 0.303 e. The molecule has 22 heavy (non-hydrogen) atoms. The zero-order chi connectivity index (χ0) is 16.1. The van der Waals surface area contributed by atoms with Crippen LogP contribution in [0.15, 0.2) is 29.6 Å². The lowest BCUT2D eigenvalue weighted by atomic mass is 9.92. The molecule has 2 rings (SSSR count). The van der Waals surface area contributed by atoms with Crippen molar-refractivity contribution in [3.8, 4) is 0 Å². The minimum atomic E-state index is -0.946. The third-order valence-corrected chi connectivity index (χ3v) is 4.19. The normalized spacial score (nSPS) is 11.9. The zero-order valence-electron chi connectivity index (χ0n) is 11.9. The first-order valence-electron chi connectivity index (χ1n) is 6.63. The van der Waals surface area contributed by atoms with Crippen molar-refractivity contribution in [2.45, 2.75) is 25.7 Å². The number of carboxylic acid groups (broad SMARTS) is 1. The Kier molecular flexibility index (Phi) is 5.51. The molecule has 0 saturated heterocycles. The van der Waals surface area contributed by atoms with Crippen molar-refractivity contribution in [3.63, 3.8) is 0 Å². The summed E-state index contributed by atoms with van der Waals surface area (Å²) in [6.07, 6.45) is -0.0431. The zero-order valence-corrected chi connectivity index (χ0v) is 13.4. The number of carboxylic acids is 1. The van der Waals surface area contributed by atoms with E-state index in [9.17, 15) is 9.59 Å². The molecule has 5 nitrogen and oxygen atoms in total. The van der Waals surface area contributed by atoms with E-state index in [4.69, 9.17) is 16.7 Å². The molecule has 2 N–H and O–H groups in total. The van der Waals surface area contributed by atoms with Crippen LogP contribution in [0.5, 0.6) is 0 Å². The first kappa shape index (κ1) is 16.5. The van der Waals surface area contributed by atoms with E-state index in [-0.39, 0.29) is 18.7 Å². The number of carbonyl (C=O) groups excluding carboxylic acids is 1. The van der Waals surface area contributed by atoms with Crippen LogP contribution >= 0.6 is 22.9 Å². The molecular weight excluding hydrogens is 324 g/mol. The van der Waals surface area contributed by atoms with Gasteiger partial charge in [0.2, 0.25) is 5.91 Å². The van der Waals surface area contributed by atoms with Crippen LogP contribution in [0.25, 0.3) is 0 Å². The van der Waals surface area contributed by atoms with Crippen LogP contribution in [0, 0.1) is 6.92 Å². The molecule has 0 bridgehead atoms. The lowest BCUT2D eigenvalue weighted by Gasteiger charge is -2.14. The van der Waals surface area contributed by atoms with Gasteiger partial charge in [0.25, 0.3) is 0 Å². The third-order valence-electron chi connectivity index (χ3n) is 3.06. The summed E-state index contributed by atoms with van der Waals surface area (Å²) in [7, 11) is 0. The molecule has 0 aliphatic carbocycles. The second-order valence-electron chi connectivity index (χ2n) is 4.89. The molecule has 1 aromatic carbocycles. The maximum atomic E-state index is 12.1. The Morgan fingerprint density at radius 3 is 2.55 bits per heavy atom. The number of anilines is 1. The molecule has 1 aromatic heterocycles. The summed E-state index contributed by atoms with van der Waals surface area (Å²) in [4.78, 5) is 27.3. The van der Waals surface area contributed by atoms with Crippen LogP contribution in [0.1, 0.15) is 30.0 Å². The molecule has 0 aliphatic heterocycles. The summed E-state index contributed by atoms with van der Waals surface area (Å²) < 4.78 is 0. The van der Waals surface area contributed by atoms with Crippen molar-refractivity contribution in [3.05, 3.63) is 45.9 Å². The molecule has 0 radical (unpaired) electrons. The molecule has 0 fully saturated rings. The molecule has 1 amide bonds. The molecule has 7 heteroatoms. The minimum absolute atomic E-state index is 0.0760. The van der Waals surface area contributed by atoms with E-state index in [1.165, 1.54) is 11.3 Å². The number of rotatable bonds is 6. The van der Waals surface area contributed by atoms with Crippen LogP contribution in [-0.2, 0) is 9.59 Å². The van der Waals surface area contributed by atoms with Gasteiger partial charge in [0.1, 0.15) is 0 Å². The third kappa shape index (κ3) is 4.82. The number of benzene rings is 1. The Bertz CT molecular complexity index is 670. The van der Waals surface area contributed by atoms with Gasteiger partial charge in [-0.2, -0.15) is 0 Å². The van der Waals surface area contributed by atoms with Gasteiger partial charge >= 0.3 is 5.97 Å². The van der Waals surface area contributed by atoms with E-state index in [1.807, 2.05) is 12.3 Å². The summed E-state index contributed by atoms with van der Waals surface area (Å²) in [6.45, 7) is 1.84. The predicted octanol–water partition coefficient (Wildman–Crippen LogP) is 3.69. The molecule has 0 spiro atoms. The van der Waals surface area contributed by atoms with E-state index in [0.29, 0.717) is 10.2 Å². The standard InChI is InChI=1S/C15H15ClN2O3S/c1-9-8-22-15(17-9)18-13(19)6-11(7-14(20)21)10-2-4-12(16)5-3-10/h2-5,8,11H,6-7H2,1H3,(H,20,21)(H,17,18,19)/t11-/m1/s1. The van der Waals surface area contributed by atoms with Gasteiger partial charge in [-0.1, -0.05) is 23.7 Å². The lowest BCUT2D eigenvalue weighted by molar-refractivity contribution is -0.137. The summed E-state index contributed by atoms with van der Waals surface area (Å²) in [5.74, 6) is -1.61. The molecule has 0 saturated carbocycles. The molecule has 1 heterocycles. The number of aliphatic carboxylic acids is 1. The van der Waals surface area contributed by atoms with E-state index in [2.05, 4.69) is 10.3 Å². The maximum Gasteiger partial charge on any atom is 0.303 e. The van der Waals surface area contributed by atoms with E-state index in [1.54, 1.807) is 24.3 Å². The van der Waals surface area contributed by atoms with Gasteiger partial charge in [0.05, 0.1) is 12.1 Å². The Balaban J connectivity index is 2.07. The maximum absolute atomic E-state index is 12.1. The highest BCUT2D eigenvalue weighted by atomic mass is 35.5. The SMILES string of the molecule is Cc1csc(NC(=O)C[C@H](CC(=O)O)c2ccc(Cl)cc2)n1. The monoisotopic (exact) mass is 338 g/mol. The first-order chi connectivity index (χ1) is 10.4. The number of amides is 1. The molecular formula is C15H15ClN2O3S. The summed E-state index contributed by atoms with van der Waals surface area (Å²) in [6, 6.07) is 6.87. The minimum Gasteiger partial charge on any atom is -0.481 e. The fourth-order valence-electron chi connectivity index (χ4n) is 2.06. The topological polar surface area (TPSA) is 79.3 Å². The van der Waals surface area contributed by atoms with Crippen LogP contribution in [0.4, 0.5) is 5.13 Å². The number of nitrogens with one attached hydrogen (secondary N) is 1. The van der Waals surface area contributed by atoms with Crippen LogP contribution in [-0.4, -0.2) is 22.0 Å². The molecule has 0 aliphatic rings. The molecule has 0 unspecified atom stereocenters. The van der Waals surface area contributed by atoms with Crippen molar-refractivity contribution in [1.29, 1.82) is 0 Å². The van der Waals surface area contributed by atoms with Gasteiger partial charge in [-0.3, -0.25) is 9.59 Å². The van der Waals surface area contributed by atoms with Gasteiger partial charge in [-0.05, 0) is 24.6 Å². The van der Waals surface area contributed by atoms with Crippen molar-refractivity contribution in [1.82, 2.24) is 4.98 Å². The highest BCUT2D eigenvalue weighted by molar-refractivity contribution is 7.13. The molecule has 116 valence electrons. The van der Waals surface area contributed by atoms with E-state index < -0.39 is 11.9 Å². The van der Waals surface area contributed by atoms with Crippen molar-refractivity contribution in [2.75, 3.05) is 5.32 Å². The Morgan fingerprint density at radius 1 is 1.32 bits per heavy atom. The number of nitrogens with zero attached hydrogens (tertiary/aromatic N) is 1. The highest BCUT2D eigenvalue weighted by Gasteiger charge is 2.20. The molecule has 1 atom stereocenters. The quantitative estimate of drug-likeness (QED) is 0.841. The summed E-state index contributed by atoms with van der Waals surface area (Å²) in [5, 5.41) is 14.7. The number of thiazole rings is 1. The van der Waals surface area contributed by atoms with Crippen molar-refractivity contribution < 1.29 is 14.7 Å². The second kappa shape index (κ2) is 7.38. The summed E-state index contributed by atoms with van der Waals surface area (Å²) >= 11 is 7.17. The molecule has 2 aromatic rings. The van der Waals surface area contributed by atoms with Gasteiger partial charge in [-0.25, -0.2) is 4.98 Å².